The second-order valence-electron chi connectivity index (χ2n) is 5.64. The molecule has 0 heterocycles. The molecule has 22 heavy (non-hydrogen) atoms. The molecule has 0 bridgehead atoms. The summed E-state index contributed by atoms with van der Waals surface area (Å²) in [6.07, 6.45) is 0. The van der Waals surface area contributed by atoms with E-state index < -0.39 is 7.38 Å². The van der Waals surface area contributed by atoms with Crippen LogP contribution in [0.2, 0.25) is 0 Å². The van der Waals surface area contributed by atoms with E-state index in [0.717, 1.165) is 0 Å². The first-order valence-corrected chi connectivity index (χ1v) is 10.5. The highest BCUT2D eigenvalue weighted by Gasteiger charge is 2.38. The Morgan fingerprint density at radius 3 is 1.64 bits per heavy atom. The summed E-state index contributed by atoms with van der Waals surface area (Å²) in [4.78, 5) is 0. The van der Waals surface area contributed by atoms with Crippen molar-refractivity contribution in [3.8, 4) is 0 Å². The summed E-state index contributed by atoms with van der Waals surface area (Å²) in [5.41, 5.74) is 2.60. The van der Waals surface area contributed by atoms with Gasteiger partial charge in [-0.15, -0.1) is 11.1 Å². The maximum Gasteiger partial charge on any atom is 0.248 e. The van der Waals surface area contributed by atoms with Crippen LogP contribution in [0.3, 0.4) is 0 Å². The largest absolute Gasteiger partial charge is 0.248 e. The number of benzene rings is 3. The molecular weight excluding hydrogens is 304 g/mol. The fourth-order valence-corrected chi connectivity index (χ4v) is 7.61. The van der Waals surface area contributed by atoms with Crippen molar-refractivity contribution in [3.05, 3.63) is 90.0 Å². The van der Waals surface area contributed by atoms with Crippen molar-refractivity contribution in [2.45, 2.75) is 13.8 Å². The van der Waals surface area contributed by atoms with Gasteiger partial charge in [-0.25, -0.2) is 0 Å². The monoisotopic (exact) mass is 322 g/mol. The van der Waals surface area contributed by atoms with Crippen LogP contribution < -0.4 is 15.6 Å². The van der Waals surface area contributed by atoms with E-state index in [-0.39, 0.29) is 0 Å². The van der Waals surface area contributed by atoms with E-state index in [0.29, 0.717) is 0 Å². The first kappa shape index (κ1) is 15.1. The van der Waals surface area contributed by atoms with Crippen molar-refractivity contribution in [3.63, 3.8) is 0 Å². The Hall–Kier alpha value is -1.83. The number of rotatable bonds is 3. The normalized spacial score (nSPS) is 11.4. The van der Waals surface area contributed by atoms with Gasteiger partial charge in [-0.05, 0) is 40.5 Å². The Bertz CT molecular complexity index is 727. The summed E-state index contributed by atoms with van der Waals surface area (Å²) in [6, 6.07) is 27.5. The van der Waals surface area contributed by atoms with Gasteiger partial charge in [0.25, 0.3) is 0 Å². The maximum absolute atomic E-state index is 7.43. The number of hydrogen-bond acceptors (Lipinski definition) is 0. The van der Waals surface area contributed by atoms with Crippen LogP contribution >= 0.6 is 11.1 Å². The van der Waals surface area contributed by atoms with Crippen LogP contribution in [-0.2, 0) is 0 Å². The SMILES string of the molecule is Cc1cccc([Si](Cl)(c2ccccc2)c2ccccc2)c1C. The lowest BCUT2D eigenvalue weighted by Crippen LogP contribution is -2.63. The standard InChI is InChI=1S/C20H19ClSi/c1-16-10-9-15-20(17(16)2)22(21,18-11-5-3-6-12-18)19-13-7-4-8-14-19/h3-15H,1-2H3. The number of hydrogen-bond donors (Lipinski definition) is 0. The van der Waals surface area contributed by atoms with Gasteiger partial charge < -0.3 is 0 Å². The smallest absolute Gasteiger partial charge is 0.149 e. The van der Waals surface area contributed by atoms with Gasteiger partial charge in [0.15, 0.2) is 0 Å². The minimum Gasteiger partial charge on any atom is -0.149 e. The van der Waals surface area contributed by atoms with Gasteiger partial charge in [0.2, 0.25) is 7.38 Å². The third-order valence-electron chi connectivity index (χ3n) is 4.32. The Labute approximate surface area is 138 Å². The molecule has 0 unspecified atom stereocenters. The van der Waals surface area contributed by atoms with Crippen molar-refractivity contribution in [2.75, 3.05) is 0 Å². The van der Waals surface area contributed by atoms with Crippen LogP contribution in [0.4, 0.5) is 0 Å². The first-order chi connectivity index (χ1) is 10.6. The van der Waals surface area contributed by atoms with Crippen LogP contribution in [0.15, 0.2) is 78.9 Å². The van der Waals surface area contributed by atoms with E-state index >= 15 is 0 Å². The summed E-state index contributed by atoms with van der Waals surface area (Å²) >= 11 is 7.43. The first-order valence-electron chi connectivity index (χ1n) is 7.50. The Kier molecular flexibility index (Phi) is 4.19. The fraction of sp³-hybridized carbons (Fsp3) is 0.100. The number of halogens is 1. The Morgan fingerprint density at radius 1 is 0.636 bits per heavy atom. The molecule has 0 aromatic heterocycles. The van der Waals surface area contributed by atoms with Crippen molar-refractivity contribution >= 4 is 34.0 Å². The molecule has 0 aliphatic rings. The van der Waals surface area contributed by atoms with Crippen molar-refractivity contribution in [1.82, 2.24) is 0 Å². The molecule has 3 rings (SSSR count). The lowest BCUT2D eigenvalue weighted by atomic mass is 10.1. The molecule has 0 atom stereocenters. The summed E-state index contributed by atoms with van der Waals surface area (Å²) < 4.78 is 0. The van der Waals surface area contributed by atoms with E-state index in [9.17, 15) is 0 Å². The third kappa shape index (κ3) is 2.51. The Morgan fingerprint density at radius 2 is 1.14 bits per heavy atom. The lowest BCUT2D eigenvalue weighted by molar-refractivity contribution is 1.36. The van der Waals surface area contributed by atoms with Crippen LogP contribution in [0.25, 0.3) is 0 Å². The van der Waals surface area contributed by atoms with Gasteiger partial charge in [-0.3, -0.25) is 0 Å². The van der Waals surface area contributed by atoms with Crippen LogP contribution in [-0.4, -0.2) is 7.38 Å². The summed E-state index contributed by atoms with van der Waals surface area (Å²) in [7, 11) is -2.48. The van der Waals surface area contributed by atoms with Gasteiger partial charge in [0.1, 0.15) is 0 Å². The van der Waals surface area contributed by atoms with Crippen molar-refractivity contribution in [1.29, 1.82) is 0 Å². The zero-order valence-electron chi connectivity index (χ0n) is 12.9. The molecule has 0 spiro atoms. The molecule has 3 aromatic rings. The molecular formula is C20H19ClSi. The van der Waals surface area contributed by atoms with Gasteiger partial charge in [0, 0.05) is 0 Å². The molecule has 0 N–H and O–H groups in total. The van der Waals surface area contributed by atoms with E-state index in [1.165, 1.54) is 26.7 Å². The van der Waals surface area contributed by atoms with E-state index in [1.54, 1.807) is 0 Å². The zero-order chi connectivity index (χ0) is 15.6. The molecule has 0 saturated heterocycles. The molecule has 0 aliphatic carbocycles. The Balaban J connectivity index is 2.31. The minimum absolute atomic E-state index is 1.23. The van der Waals surface area contributed by atoms with Gasteiger partial charge >= 0.3 is 0 Å². The van der Waals surface area contributed by atoms with E-state index in [1.807, 2.05) is 12.1 Å². The summed E-state index contributed by atoms with van der Waals surface area (Å²) in [5, 5.41) is 3.75. The molecule has 110 valence electrons. The highest BCUT2D eigenvalue weighted by molar-refractivity contribution is 7.40. The van der Waals surface area contributed by atoms with Crippen molar-refractivity contribution < 1.29 is 0 Å². The highest BCUT2D eigenvalue weighted by Crippen LogP contribution is 2.16. The zero-order valence-corrected chi connectivity index (χ0v) is 14.6. The molecule has 0 aliphatic heterocycles. The van der Waals surface area contributed by atoms with Gasteiger partial charge in [0.05, 0.1) is 0 Å². The summed E-state index contributed by atoms with van der Waals surface area (Å²) in [5.74, 6) is 0. The highest BCUT2D eigenvalue weighted by atomic mass is 35.6. The molecule has 2 heteroatoms. The molecule has 3 aromatic carbocycles. The van der Waals surface area contributed by atoms with Crippen LogP contribution in [0, 0.1) is 13.8 Å². The van der Waals surface area contributed by atoms with Gasteiger partial charge in [-0.2, -0.15) is 0 Å². The fourth-order valence-electron chi connectivity index (χ4n) is 2.94. The number of aryl methyl sites for hydroxylation is 1. The molecule has 0 nitrogen and oxygen atoms in total. The average molecular weight is 323 g/mol. The minimum atomic E-state index is -2.48. The molecule has 0 radical (unpaired) electrons. The molecule has 0 saturated carbocycles. The summed E-state index contributed by atoms with van der Waals surface area (Å²) in [6.45, 7) is 4.33. The quantitative estimate of drug-likeness (QED) is 0.393. The van der Waals surface area contributed by atoms with E-state index in [2.05, 4.69) is 80.6 Å². The predicted octanol–water partition coefficient (Wildman–Crippen LogP) is 3.51. The second kappa shape index (κ2) is 6.11. The molecule has 0 fully saturated rings. The van der Waals surface area contributed by atoms with Crippen molar-refractivity contribution in [2.24, 2.45) is 0 Å². The van der Waals surface area contributed by atoms with E-state index in [4.69, 9.17) is 11.1 Å². The third-order valence-corrected chi connectivity index (χ3v) is 9.78. The topological polar surface area (TPSA) is 0 Å². The average Bonchev–Trinajstić information content (AvgIpc) is 2.58. The van der Waals surface area contributed by atoms with Crippen LogP contribution in [0.1, 0.15) is 11.1 Å². The lowest BCUT2D eigenvalue weighted by Gasteiger charge is -2.28. The van der Waals surface area contributed by atoms with Gasteiger partial charge in [-0.1, -0.05) is 78.9 Å². The van der Waals surface area contributed by atoms with Crippen LogP contribution in [0.5, 0.6) is 0 Å². The maximum atomic E-state index is 7.43. The predicted molar refractivity (Wildman–Crippen MR) is 99.3 cm³/mol. The molecule has 0 amide bonds. The second-order valence-corrected chi connectivity index (χ2v) is 10.3.